The number of rotatable bonds is 2. The Morgan fingerprint density at radius 2 is 0.833 bits per heavy atom. The fourth-order valence-electron chi connectivity index (χ4n) is 2.49. The Bertz CT molecular complexity index is 743. The molecule has 2 aromatic carbocycles. The first-order valence-corrected chi connectivity index (χ1v) is 16.8. The second-order valence-electron chi connectivity index (χ2n) is 4.95. The summed E-state index contributed by atoms with van der Waals surface area (Å²) in [4.78, 5) is -8.75. The van der Waals surface area contributed by atoms with E-state index in [-0.39, 0.29) is 0 Å². The van der Waals surface area contributed by atoms with Crippen LogP contribution >= 0.6 is 101 Å². The molecule has 3 rings (SSSR count). The molecule has 1 fully saturated rings. The number of anilines is 2. The average Bonchev–Trinajstić information content (AvgIpc) is 2.41. The molecule has 0 aromatic heterocycles. The summed E-state index contributed by atoms with van der Waals surface area (Å²) in [5, 5.41) is 0.617. The van der Waals surface area contributed by atoms with Gasteiger partial charge < -0.3 is 0 Å². The van der Waals surface area contributed by atoms with E-state index in [2.05, 4.69) is 0 Å². The minimum absolute atomic E-state index is 0.309. The molecule has 0 saturated carbocycles. The molecular weight excluding hydrogens is 518 g/mol. The Hall–Kier alpha value is 1.22. The number of hydrogen-bond donors (Lipinski definition) is 0. The zero-order valence-corrected chi connectivity index (χ0v) is 19.3. The number of benzene rings is 2. The first-order valence-electron chi connectivity index (χ1n) is 6.29. The molecule has 0 atom stereocenters. The van der Waals surface area contributed by atoms with E-state index >= 15 is 0 Å². The molecule has 0 amide bonds. The van der Waals surface area contributed by atoms with Gasteiger partial charge in [0.25, 0.3) is 0 Å². The van der Waals surface area contributed by atoms with E-state index < -0.39 is 9.93 Å². The van der Waals surface area contributed by atoms with E-state index in [1.165, 1.54) is 8.88 Å². The normalized spacial score (nSPS) is 26.3. The third-order valence-corrected chi connectivity index (χ3v) is 20.6. The molecular formula is C12H8Cl8N2P2. The molecule has 1 saturated heterocycles. The number of nitrogens with zero attached hydrogens (tertiary/aromatic N) is 2. The van der Waals surface area contributed by atoms with E-state index in [4.69, 9.17) is 90.6 Å². The van der Waals surface area contributed by atoms with Crippen LogP contribution < -0.4 is 8.88 Å². The second kappa shape index (κ2) is 5.86. The van der Waals surface area contributed by atoms with Gasteiger partial charge in [-0.3, -0.25) is 0 Å². The summed E-state index contributed by atoms with van der Waals surface area (Å²) in [6.07, 6.45) is 0. The van der Waals surface area contributed by atoms with Crippen molar-refractivity contribution < 1.29 is 0 Å². The number of para-hydroxylation sites is 2. The Morgan fingerprint density at radius 3 is 1.12 bits per heavy atom. The molecule has 2 nitrogen and oxygen atoms in total. The molecule has 12 heteroatoms. The Labute approximate surface area is 178 Å². The average molecular weight is 526 g/mol. The van der Waals surface area contributed by atoms with Gasteiger partial charge in [0.15, 0.2) is 0 Å². The van der Waals surface area contributed by atoms with Gasteiger partial charge in [-0.15, -0.1) is 0 Å². The fourth-order valence-corrected chi connectivity index (χ4v) is 32.3. The van der Waals surface area contributed by atoms with Crippen LogP contribution in [0.15, 0.2) is 48.5 Å². The van der Waals surface area contributed by atoms with Crippen molar-refractivity contribution in [2.75, 3.05) is 8.88 Å². The summed E-state index contributed by atoms with van der Waals surface area (Å²) >= 11 is 52.4. The fraction of sp³-hybridized carbons (Fsp3) is 0. The Morgan fingerprint density at radius 1 is 0.542 bits per heavy atom. The maximum atomic E-state index is 6.65. The summed E-state index contributed by atoms with van der Waals surface area (Å²) in [5.41, 5.74) is 0.690. The predicted octanol–water partition coefficient (Wildman–Crippen LogP) is 10.0. The van der Waals surface area contributed by atoms with Crippen molar-refractivity contribution >= 4 is 112 Å². The van der Waals surface area contributed by atoms with Gasteiger partial charge in [-0.1, -0.05) is 0 Å². The van der Waals surface area contributed by atoms with Gasteiger partial charge in [0.1, 0.15) is 0 Å². The van der Waals surface area contributed by atoms with Gasteiger partial charge in [-0.25, -0.2) is 0 Å². The zero-order chi connectivity index (χ0) is 18.0. The first-order chi connectivity index (χ1) is 10.8. The third kappa shape index (κ3) is 2.87. The van der Waals surface area contributed by atoms with Crippen LogP contribution in [0.5, 0.6) is 0 Å². The molecule has 0 aliphatic carbocycles. The molecule has 0 N–H and O–H groups in total. The molecule has 1 aliphatic rings. The summed E-state index contributed by atoms with van der Waals surface area (Å²) < 4.78 is 2.47. The minimum atomic E-state index is -4.38. The van der Waals surface area contributed by atoms with Crippen molar-refractivity contribution in [1.82, 2.24) is 0 Å². The van der Waals surface area contributed by atoms with Crippen LogP contribution in [0.2, 0.25) is 10.0 Å². The van der Waals surface area contributed by atoms with Crippen LogP contribution in [0.25, 0.3) is 0 Å². The number of hydrogen-bond acceptors (Lipinski definition) is 2. The monoisotopic (exact) mass is 522 g/mol. The van der Waals surface area contributed by atoms with Gasteiger partial charge >= 0.3 is 179 Å². The van der Waals surface area contributed by atoms with Crippen molar-refractivity contribution in [2.24, 2.45) is 0 Å². The van der Waals surface area contributed by atoms with Crippen LogP contribution in [0.1, 0.15) is 0 Å². The van der Waals surface area contributed by atoms with Crippen LogP contribution in [-0.4, -0.2) is 0 Å². The summed E-state index contributed by atoms with van der Waals surface area (Å²) in [7, 11) is 0. The standard InChI is InChI=1S/C12H8Cl8N2P2/c13-9-5-1-3-7-11(9)21-23(15,16,17)22(24(21,18,19)20)12-8-4-2-6-10(12)14/h1-8H. The van der Waals surface area contributed by atoms with Crippen LogP contribution in [0.4, 0.5) is 11.4 Å². The van der Waals surface area contributed by atoms with E-state index in [0.29, 0.717) is 21.4 Å². The van der Waals surface area contributed by atoms with Crippen LogP contribution in [-0.2, 0) is 0 Å². The van der Waals surface area contributed by atoms with Gasteiger partial charge in [0.2, 0.25) is 0 Å². The molecule has 0 unspecified atom stereocenters. The summed E-state index contributed by atoms with van der Waals surface area (Å²) in [6, 6.07) is 13.4. The summed E-state index contributed by atoms with van der Waals surface area (Å²) in [5.74, 6) is 0. The second-order valence-corrected chi connectivity index (χ2v) is 25.6. The molecule has 24 heavy (non-hydrogen) atoms. The molecule has 0 radical (unpaired) electrons. The molecule has 1 heterocycles. The zero-order valence-electron chi connectivity index (χ0n) is 11.4. The molecule has 1 aliphatic heterocycles. The van der Waals surface area contributed by atoms with Gasteiger partial charge in [-0.2, -0.15) is 0 Å². The first kappa shape index (κ1) is 20.0. The van der Waals surface area contributed by atoms with E-state index in [1.807, 2.05) is 0 Å². The van der Waals surface area contributed by atoms with Crippen molar-refractivity contribution in [3.8, 4) is 0 Å². The molecule has 132 valence electrons. The Balaban J connectivity index is 2.26. The van der Waals surface area contributed by atoms with Gasteiger partial charge in [-0.05, 0) is 0 Å². The molecule has 0 spiro atoms. The van der Waals surface area contributed by atoms with Crippen molar-refractivity contribution in [1.29, 1.82) is 0 Å². The SMILES string of the molecule is Clc1ccccc1N1P(Cl)(Cl)(Cl)N(c2ccccc2Cl)P1(Cl)(Cl)Cl. The van der Waals surface area contributed by atoms with E-state index in [9.17, 15) is 0 Å². The topological polar surface area (TPSA) is 6.48 Å². The quantitative estimate of drug-likeness (QED) is 0.360. The predicted molar refractivity (Wildman–Crippen MR) is 117 cm³/mol. The third-order valence-electron chi connectivity index (χ3n) is 3.33. The Kier molecular flexibility index (Phi) is 4.87. The van der Waals surface area contributed by atoms with Crippen molar-refractivity contribution in [3.05, 3.63) is 58.6 Å². The van der Waals surface area contributed by atoms with Crippen molar-refractivity contribution in [2.45, 2.75) is 0 Å². The number of halogens is 8. The van der Waals surface area contributed by atoms with Crippen molar-refractivity contribution in [3.63, 3.8) is 0 Å². The van der Waals surface area contributed by atoms with Crippen LogP contribution in [0.3, 0.4) is 0 Å². The van der Waals surface area contributed by atoms with Gasteiger partial charge in [0.05, 0.1) is 0 Å². The molecule has 2 aromatic rings. The molecule has 0 bridgehead atoms. The van der Waals surface area contributed by atoms with E-state index in [1.54, 1.807) is 48.5 Å². The van der Waals surface area contributed by atoms with Crippen LogP contribution in [0, 0.1) is 0 Å². The maximum absolute atomic E-state index is 6.65. The van der Waals surface area contributed by atoms with E-state index in [0.717, 1.165) is 0 Å². The van der Waals surface area contributed by atoms with Gasteiger partial charge in [0, 0.05) is 0 Å². The summed E-state index contributed by atoms with van der Waals surface area (Å²) in [6.45, 7) is 0.